The van der Waals surface area contributed by atoms with Crippen LogP contribution in [0.5, 0.6) is 0 Å². The van der Waals surface area contributed by atoms with Crippen LogP contribution < -0.4 is 4.72 Å². The first-order valence-electron chi connectivity index (χ1n) is 5.09. The lowest BCUT2D eigenvalue weighted by Crippen LogP contribution is -2.29. The van der Waals surface area contributed by atoms with E-state index in [2.05, 4.69) is 9.46 Å². The molecule has 92 valence electrons. The molecule has 0 aliphatic heterocycles. The van der Waals surface area contributed by atoms with E-state index in [4.69, 9.17) is 5.11 Å². The van der Waals surface area contributed by atoms with Gasteiger partial charge in [0.2, 0.25) is 10.0 Å². The van der Waals surface area contributed by atoms with Crippen LogP contribution in [0.3, 0.4) is 0 Å². The zero-order valence-corrected chi connectivity index (χ0v) is 10.2. The van der Waals surface area contributed by atoms with E-state index in [1.54, 1.807) is 0 Å². The van der Waals surface area contributed by atoms with Crippen molar-refractivity contribution in [2.24, 2.45) is 5.92 Å². The summed E-state index contributed by atoms with van der Waals surface area (Å²) in [5.41, 5.74) is 0. The van der Waals surface area contributed by atoms with E-state index < -0.39 is 10.0 Å². The predicted molar refractivity (Wildman–Crippen MR) is 59.1 cm³/mol. The fourth-order valence-corrected chi connectivity index (χ4v) is 2.02. The predicted octanol–water partition coefficient (Wildman–Crippen LogP) is -0.0392. The van der Waals surface area contributed by atoms with Crippen molar-refractivity contribution in [3.63, 3.8) is 0 Å². The molecule has 0 bridgehead atoms. The van der Waals surface area contributed by atoms with Crippen LogP contribution in [0, 0.1) is 5.92 Å². The minimum Gasteiger partial charge on any atom is -0.396 e. The molecule has 15 heavy (non-hydrogen) atoms. The van der Waals surface area contributed by atoms with Gasteiger partial charge in [0.05, 0.1) is 12.4 Å². The van der Waals surface area contributed by atoms with E-state index >= 15 is 0 Å². The summed E-state index contributed by atoms with van der Waals surface area (Å²) < 4.78 is 29.7. The Morgan fingerprint density at radius 2 is 2.13 bits per heavy atom. The summed E-state index contributed by atoms with van der Waals surface area (Å²) in [5, 5.41) is 8.75. The van der Waals surface area contributed by atoms with E-state index in [0.29, 0.717) is 6.54 Å². The summed E-state index contributed by atoms with van der Waals surface area (Å²) in [5.74, 6) is 0.229. The van der Waals surface area contributed by atoms with Crippen LogP contribution >= 0.6 is 0 Å². The zero-order chi connectivity index (χ0) is 11.7. The molecule has 0 saturated carbocycles. The maximum absolute atomic E-state index is 11.3. The Bertz CT molecular complexity index is 240. The molecular formula is C9H21NO4S. The molecule has 0 radical (unpaired) electrons. The minimum absolute atomic E-state index is 0.000939. The van der Waals surface area contributed by atoms with Crippen molar-refractivity contribution in [2.75, 3.05) is 32.6 Å². The summed E-state index contributed by atoms with van der Waals surface area (Å²) in [7, 11) is -1.72. The van der Waals surface area contributed by atoms with E-state index in [-0.39, 0.29) is 24.9 Å². The molecule has 1 unspecified atom stereocenters. The molecule has 0 aromatic heterocycles. The van der Waals surface area contributed by atoms with Crippen molar-refractivity contribution in [1.82, 2.24) is 4.72 Å². The molecule has 1 atom stereocenters. The summed E-state index contributed by atoms with van der Waals surface area (Å²) in [6.45, 7) is 2.72. The Morgan fingerprint density at radius 3 is 2.67 bits per heavy atom. The van der Waals surface area contributed by atoms with Crippen molar-refractivity contribution >= 4 is 10.0 Å². The highest BCUT2D eigenvalue weighted by atomic mass is 32.2. The molecule has 0 aromatic carbocycles. The number of ether oxygens (including phenoxy) is 1. The molecule has 0 spiro atoms. The van der Waals surface area contributed by atoms with E-state index in [1.165, 1.54) is 7.11 Å². The number of aliphatic hydroxyl groups excluding tert-OH is 1. The Kier molecular flexibility index (Phi) is 7.95. The van der Waals surface area contributed by atoms with Gasteiger partial charge >= 0.3 is 0 Å². The maximum Gasteiger partial charge on any atom is 0.213 e. The quantitative estimate of drug-likeness (QED) is 0.554. The minimum atomic E-state index is -3.19. The van der Waals surface area contributed by atoms with Crippen LogP contribution in [-0.4, -0.2) is 46.1 Å². The van der Waals surface area contributed by atoms with Gasteiger partial charge < -0.3 is 9.84 Å². The Balaban J connectivity index is 3.57. The number of rotatable bonds is 9. The lowest BCUT2D eigenvalue weighted by atomic mass is 10.1. The molecule has 6 heteroatoms. The van der Waals surface area contributed by atoms with Gasteiger partial charge in [-0.05, 0) is 18.8 Å². The van der Waals surface area contributed by atoms with Crippen LogP contribution in [0.2, 0.25) is 0 Å². The Labute approximate surface area is 91.9 Å². The third kappa shape index (κ3) is 8.80. The molecule has 0 rings (SSSR count). The second-order valence-corrected chi connectivity index (χ2v) is 5.56. The summed E-state index contributed by atoms with van der Waals surface area (Å²) >= 11 is 0. The van der Waals surface area contributed by atoms with E-state index in [1.807, 2.05) is 6.92 Å². The van der Waals surface area contributed by atoms with Gasteiger partial charge in [-0.2, -0.15) is 0 Å². The Hall–Kier alpha value is -0.170. The van der Waals surface area contributed by atoms with Gasteiger partial charge in [-0.1, -0.05) is 6.92 Å². The lowest BCUT2D eigenvalue weighted by molar-refractivity contribution is 0.217. The van der Waals surface area contributed by atoms with Crippen molar-refractivity contribution in [3.8, 4) is 0 Å². The molecular weight excluding hydrogens is 218 g/mol. The molecule has 0 amide bonds. The van der Waals surface area contributed by atoms with E-state index in [9.17, 15) is 8.42 Å². The summed E-state index contributed by atoms with van der Waals surface area (Å²) in [6.07, 6.45) is 1.57. The number of hydrogen-bond acceptors (Lipinski definition) is 4. The number of nitrogens with one attached hydrogen (secondary N) is 1. The maximum atomic E-state index is 11.3. The zero-order valence-electron chi connectivity index (χ0n) is 9.40. The first kappa shape index (κ1) is 14.8. The monoisotopic (exact) mass is 239 g/mol. The van der Waals surface area contributed by atoms with Gasteiger partial charge in [0.25, 0.3) is 0 Å². The number of hydrogen-bond donors (Lipinski definition) is 2. The molecule has 0 aromatic rings. The third-order valence-corrected chi connectivity index (χ3v) is 3.41. The van der Waals surface area contributed by atoms with Crippen molar-refractivity contribution in [3.05, 3.63) is 0 Å². The standard InChI is InChI=1S/C9H21NO4S/c1-9(8-11)4-3-5-10-15(12,13)7-6-14-2/h9-11H,3-8H2,1-2H3. The van der Waals surface area contributed by atoms with Crippen LogP contribution in [0.1, 0.15) is 19.8 Å². The molecule has 0 saturated heterocycles. The van der Waals surface area contributed by atoms with Gasteiger partial charge in [0.15, 0.2) is 0 Å². The second kappa shape index (κ2) is 8.04. The van der Waals surface area contributed by atoms with Crippen molar-refractivity contribution < 1.29 is 18.3 Å². The molecule has 0 aliphatic rings. The van der Waals surface area contributed by atoms with E-state index in [0.717, 1.165) is 12.8 Å². The molecule has 2 N–H and O–H groups in total. The molecule has 0 heterocycles. The van der Waals surface area contributed by atoms with Crippen LogP contribution in [0.15, 0.2) is 0 Å². The van der Waals surface area contributed by atoms with Gasteiger partial charge in [-0.3, -0.25) is 0 Å². The molecule has 0 fully saturated rings. The first-order chi connectivity index (χ1) is 7.02. The highest BCUT2D eigenvalue weighted by Crippen LogP contribution is 2.02. The van der Waals surface area contributed by atoms with Gasteiger partial charge in [0, 0.05) is 20.3 Å². The van der Waals surface area contributed by atoms with Crippen LogP contribution in [0.25, 0.3) is 0 Å². The Morgan fingerprint density at radius 1 is 1.47 bits per heavy atom. The third-order valence-electron chi connectivity index (χ3n) is 2.06. The smallest absolute Gasteiger partial charge is 0.213 e. The number of methoxy groups -OCH3 is 1. The van der Waals surface area contributed by atoms with Gasteiger partial charge in [-0.15, -0.1) is 0 Å². The molecule has 0 aliphatic carbocycles. The van der Waals surface area contributed by atoms with Crippen molar-refractivity contribution in [1.29, 1.82) is 0 Å². The average molecular weight is 239 g/mol. The van der Waals surface area contributed by atoms with Crippen LogP contribution in [-0.2, 0) is 14.8 Å². The van der Waals surface area contributed by atoms with Crippen LogP contribution in [0.4, 0.5) is 0 Å². The topological polar surface area (TPSA) is 75.6 Å². The fourth-order valence-electron chi connectivity index (χ4n) is 1.03. The SMILES string of the molecule is COCCS(=O)(=O)NCCCC(C)CO. The second-order valence-electron chi connectivity index (χ2n) is 3.64. The normalized spacial score (nSPS) is 14.1. The number of aliphatic hydroxyl groups is 1. The lowest BCUT2D eigenvalue weighted by Gasteiger charge is -2.08. The highest BCUT2D eigenvalue weighted by molar-refractivity contribution is 7.89. The van der Waals surface area contributed by atoms with Crippen molar-refractivity contribution in [2.45, 2.75) is 19.8 Å². The summed E-state index contributed by atoms with van der Waals surface area (Å²) in [6, 6.07) is 0. The van der Waals surface area contributed by atoms with Gasteiger partial charge in [-0.25, -0.2) is 13.1 Å². The summed E-state index contributed by atoms with van der Waals surface area (Å²) in [4.78, 5) is 0. The average Bonchev–Trinajstić information content (AvgIpc) is 2.21. The number of sulfonamides is 1. The first-order valence-corrected chi connectivity index (χ1v) is 6.74. The largest absolute Gasteiger partial charge is 0.396 e. The molecule has 5 nitrogen and oxygen atoms in total. The highest BCUT2D eigenvalue weighted by Gasteiger charge is 2.08. The fraction of sp³-hybridized carbons (Fsp3) is 1.00. The van der Waals surface area contributed by atoms with Gasteiger partial charge in [0.1, 0.15) is 0 Å².